The lowest BCUT2D eigenvalue weighted by molar-refractivity contribution is 0.0978. The number of amides is 1. The molecule has 1 N–H and O–H groups in total. The van der Waals surface area contributed by atoms with E-state index < -0.39 is 27.3 Å². The number of ether oxygens (including phenoxy) is 1. The number of nitrogens with zero attached hydrogens (tertiary/aromatic N) is 2. The first-order valence-electron chi connectivity index (χ1n) is 9.41. The summed E-state index contributed by atoms with van der Waals surface area (Å²) in [6.07, 6.45) is 0.789. The number of rotatable bonds is 5. The van der Waals surface area contributed by atoms with Crippen LogP contribution in [0.3, 0.4) is 0 Å². The van der Waals surface area contributed by atoms with Crippen molar-refractivity contribution in [3.63, 3.8) is 0 Å². The Morgan fingerprint density at radius 3 is 2.36 bits per heavy atom. The molecule has 33 heavy (non-hydrogen) atoms. The molecule has 0 fully saturated rings. The summed E-state index contributed by atoms with van der Waals surface area (Å²) in [5.41, 5.74) is 2.01. The Hall–Kier alpha value is -3.14. The van der Waals surface area contributed by atoms with Crippen LogP contribution < -0.4 is 9.46 Å². The number of benzene rings is 3. The van der Waals surface area contributed by atoms with Gasteiger partial charge in [0.1, 0.15) is 11.6 Å². The molecule has 1 aromatic heterocycles. The van der Waals surface area contributed by atoms with Crippen LogP contribution >= 0.6 is 23.2 Å². The van der Waals surface area contributed by atoms with Crippen molar-refractivity contribution in [1.29, 1.82) is 0 Å². The van der Waals surface area contributed by atoms with Crippen LogP contribution in [0.5, 0.6) is 5.75 Å². The highest BCUT2D eigenvalue weighted by molar-refractivity contribution is 7.89. The summed E-state index contributed by atoms with van der Waals surface area (Å²) >= 11 is 12.7. The first-order valence-corrected chi connectivity index (χ1v) is 12.1. The Morgan fingerprint density at radius 1 is 1.06 bits per heavy atom. The summed E-state index contributed by atoms with van der Waals surface area (Å²) in [7, 11) is -2.28. The van der Waals surface area contributed by atoms with E-state index in [1.165, 1.54) is 4.68 Å². The first-order chi connectivity index (χ1) is 15.6. The Bertz CT molecular complexity index is 1500. The average Bonchev–Trinajstić information content (AvgIpc) is 3.09. The van der Waals surface area contributed by atoms with Gasteiger partial charge in [-0.1, -0.05) is 41.4 Å². The van der Waals surface area contributed by atoms with Gasteiger partial charge in [-0.2, -0.15) is 5.10 Å². The Morgan fingerprint density at radius 2 is 1.73 bits per heavy atom. The number of fused-ring (bicyclic) bond motifs is 1. The van der Waals surface area contributed by atoms with E-state index in [0.717, 1.165) is 35.3 Å². The van der Waals surface area contributed by atoms with Gasteiger partial charge < -0.3 is 4.74 Å². The third kappa shape index (κ3) is 4.66. The quantitative estimate of drug-likeness (QED) is 0.417. The van der Waals surface area contributed by atoms with Gasteiger partial charge in [0.15, 0.2) is 5.15 Å². The molecule has 0 spiro atoms. The van der Waals surface area contributed by atoms with Crippen molar-refractivity contribution in [3.05, 3.63) is 76.2 Å². The van der Waals surface area contributed by atoms with Gasteiger partial charge in [-0.3, -0.25) is 4.79 Å². The van der Waals surface area contributed by atoms with Gasteiger partial charge in [-0.15, -0.1) is 0 Å². The van der Waals surface area contributed by atoms with Gasteiger partial charge in [-0.25, -0.2) is 22.2 Å². The van der Waals surface area contributed by atoms with Crippen molar-refractivity contribution in [2.75, 3.05) is 13.4 Å². The van der Waals surface area contributed by atoms with Crippen LogP contribution in [0.2, 0.25) is 10.2 Å². The van der Waals surface area contributed by atoms with Crippen LogP contribution in [0.1, 0.15) is 10.4 Å². The molecular formula is C22H16Cl2FN3O4S. The molecule has 0 atom stereocenters. The summed E-state index contributed by atoms with van der Waals surface area (Å²) in [4.78, 5) is 12.1. The predicted octanol–water partition coefficient (Wildman–Crippen LogP) is 4.84. The summed E-state index contributed by atoms with van der Waals surface area (Å²) in [5.74, 6) is -1.36. The molecule has 0 aliphatic heterocycles. The molecular weight excluding hydrogens is 492 g/mol. The van der Waals surface area contributed by atoms with E-state index in [1.807, 2.05) is 36.4 Å². The van der Waals surface area contributed by atoms with Gasteiger partial charge in [0.2, 0.25) is 10.0 Å². The SMILES string of the molecule is COc1ccc(-c2ccc3c(c2)c(Cl)nn3-c2cc(F)c(C(=O)NS(C)(=O)=O)cc2Cl)cc1. The Kier molecular flexibility index (Phi) is 6.04. The highest BCUT2D eigenvalue weighted by Crippen LogP contribution is 2.33. The van der Waals surface area contributed by atoms with E-state index in [9.17, 15) is 17.6 Å². The van der Waals surface area contributed by atoms with Crippen molar-refractivity contribution >= 4 is 50.0 Å². The van der Waals surface area contributed by atoms with Crippen LogP contribution in [0.25, 0.3) is 27.7 Å². The lowest BCUT2D eigenvalue weighted by Gasteiger charge is -2.10. The predicted molar refractivity (Wildman–Crippen MR) is 125 cm³/mol. The zero-order chi connectivity index (χ0) is 23.9. The van der Waals surface area contributed by atoms with Crippen LogP contribution in [0.4, 0.5) is 4.39 Å². The molecule has 0 bridgehead atoms. The molecule has 0 saturated carbocycles. The number of methoxy groups -OCH3 is 1. The first kappa shape index (κ1) is 23.0. The molecule has 0 radical (unpaired) electrons. The van der Waals surface area contributed by atoms with Crippen molar-refractivity contribution in [2.24, 2.45) is 0 Å². The van der Waals surface area contributed by atoms with Crippen molar-refractivity contribution in [2.45, 2.75) is 0 Å². The second kappa shape index (κ2) is 8.66. The summed E-state index contributed by atoms with van der Waals surface area (Å²) in [6, 6.07) is 15.0. The fraction of sp³-hybridized carbons (Fsp3) is 0.0909. The van der Waals surface area contributed by atoms with Gasteiger partial charge in [0.25, 0.3) is 5.91 Å². The minimum absolute atomic E-state index is 0.0182. The standard InChI is InChI=1S/C22H16Cl2FN3O4S/c1-32-14-6-3-12(4-7-14)13-5-8-19-16(9-13)21(24)26-28(19)20-11-18(25)15(10-17(20)23)22(29)27-33(2,30)31/h3-11H,1-2H3,(H,27,29). The van der Waals surface area contributed by atoms with Crippen LogP contribution in [-0.4, -0.2) is 37.5 Å². The molecule has 0 aliphatic carbocycles. The van der Waals surface area contributed by atoms with Crippen LogP contribution in [-0.2, 0) is 10.0 Å². The number of carbonyl (C=O) groups excluding carboxylic acids is 1. The maximum atomic E-state index is 14.7. The minimum atomic E-state index is -3.87. The Balaban J connectivity index is 1.77. The molecule has 4 rings (SSSR count). The lowest BCUT2D eigenvalue weighted by Crippen LogP contribution is -2.30. The van der Waals surface area contributed by atoms with Crippen LogP contribution in [0.15, 0.2) is 54.6 Å². The van der Waals surface area contributed by atoms with E-state index in [-0.39, 0.29) is 15.9 Å². The number of aromatic nitrogens is 2. The smallest absolute Gasteiger partial charge is 0.267 e. The second-order valence-corrected chi connectivity index (χ2v) is 9.66. The molecule has 0 unspecified atom stereocenters. The average molecular weight is 508 g/mol. The monoisotopic (exact) mass is 507 g/mol. The highest BCUT2D eigenvalue weighted by Gasteiger charge is 2.21. The van der Waals surface area contributed by atoms with Crippen molar-refractivity contribution in [1.82, 2.24) is 14.5 Å². The lowest BCUT2D eigenvalue weighted by atomic mass is 10.0. The van der Waals surface area contributed by atoms with Crippen molar-refractivity contribution < 1.29 is 22.3 Å². The molecule has 7 nitrogen and oxygen atoms in total. The molecule has 0 saturated heterocycles. The summed E-state index contributed by atoms with van der Waals surface area (Å²) in [6.45, 7) is 0. The van der Waals surface area contributed by atoms with Crippen molar-refractivity contribution in [3.8, 4) is 22.6 Å². The molecule has 4 aromatic rings. The van der Waals surface area contributed by atoms with Gasteiger partial charge in [0.05, 0.1) is 35.2 Å². The largest absolute Gasteiger partial charge is 0.497 e. The number of halogens is 3. The zero-order valence-electron chi connectivity index (χ0n) is 17.3. The fourth-order valence-corrected chi connectivity index (χ4v) is 4.24. The molecule has 11 heteroatoms. The zero-order valence-corrected chi connectivity index (χ0v) is 19.6. The summed E-state index contributed by atoms with van der Waals surface area (Å²) in [5, 5.41) is 5.04. The third-order valence-corrected chi connectivity index (χ3v) is 5.98. The van der Waals surface area contributed by atoms with Gasteiger partial charge in [-0.05, 0) is 41.5 Å². The number of hydrogen-bond acceptors (Lipinski definition) is 5. The van der Waals surface area contributed by atoms with Crippen LogP contribution in [0, 0.1) is 5.82 Å². The number of sulfonamides is 1. The molecule has 170 valence electrons. The number of carbonyl (C=O) groups is 1. The normalized spacial score (nSPS) is 11.5. The van der Waals surface area contributed by atoms with E-state index in [0.29, 0.717) is 10.9 Å². The minimum Gasteiger partial charge on any atom is -0.497 e. The topological polar surface area (TPSA) is 90.3 Å². The number of nitrogens with one attached hydrogen (secondary N) is 1. The molecule has 0 aliphatic rings. The van der Waals surface area contributed by atoms with Gasteiger partial charge >= 0.3 is 0 Å². The molecule has 1 amide bonds. The second-order valence-electron chi connectivity index (χ2n) is 7.15. The summed E-state index contributed by atoms with van der Waals surface area (Å²) < 4.78 is 45.5. The molecule has 3 aromatic carbocycles. The van der Waals surface area contributed by atoms with Gasteiger partial charge in [0, 0.05) is 11.5 Å². The van der Waals surface area contributed by atoms with E-state index in [4.69, 9.17) is 27.9 Å². The number of hydrogen-bond donors (Lipinski definition) is 1. The maximum Gasteiger partial charge on any atom is 0.267 e. The maximum absolute atomic E-state index is 14.7. The van der Waals surface area contributed by atoms with E-state index in [1.54, 1.807) is 17.9 Å². The Labute approximate surface area is 198 Å². The van der Waals surface area contributed by atoms with E-state index in [2.05, 4.69) is 5.10 Å². The fourth-order valence-electron chi connectivity index (χ4n) is 3.32. The third-order valence-electron chi connectivity index (χ3n) is 4.85. The van der Waals surface area contributed by atoms with E-state index >= 15 is 0 Å². The molecule has 1 heterocycles. The highest BCUT2D eigenvalue weighted by atomic mass is 35.5.